The molecule has 5 N–H and O–H groups in total. The molecular formula is C76H71F9N6O12. The molecule has 15 rings (SSSR count). The number of carbonyl (C=O) groups excluding carboxylic acids is 6. The first-order valence-electron chi connectivity index (χ1n) is 33.8. The molecule has 27 heteroatoms. The van der Waals surface area contributed by atoms with Crippen molar-refractivity contribution in [1.82, 2.24) is 0 Å². The first-order valence-corrected chi connectivity index (χ1v) is 33.8. The highest BCUT2D eigenvalue weighted by Gasteiger charge is 2.46. The molecule has 9 aliphatic heterocycles. The molecule has 103 heavy (non-hydrogen) atoms. The molecule has 6 amide bonds. The van der Waals surface area contributed by atoms with Crippen LogP contribution < -0.4 is 45.7 Å². The molecule has 0 aromatic heterocycles. The number of nitrogens with zero attached hydrogens (tertiary/aromatic N) is 1. The quantitative estimate of drug-likeness (QED) is 0.0776. The number of hydrogen-bond donors (Lipinski definition) is 5. The maximum atomic E-state index is 13.3. The number of fused-ring (bicyclic) bond motifs is 6. The van der Waals surface area contributed by atoms with Gasteiger partial charge in [-0.05, 0) is 125 Å². The second-order valence-corrected chi connectivity index (χ2v) is 26.9. The molecular weight excluding hydrogens is 1360 g/mol. The van der Waals surface area contributed by atoms with E-state index in [2.05, 4.69) is 26.6 Å². The average molecular weight is 1430 g/mol. The predicted molar refractivity (Wildman–Crippen MR) is 363 cm³/mol. The summed E-state index contributed by atoms with van der Waals surface area (Å²) in [5, 5.41) is 14.1. The summed E-state index contributed by atoms with van der Waals surface area (Å²) in [6.45, 7) is 2.64. The van der Waals surface area contributed by atoms with Crippen LogP contribution in [-0.4, -0.2) is 98.9 Å². The average Bonchev–Trinajstić information content (AvgIpc) is 0.770. The van der Waals surface area contributed by atoms with Crippen molar-refractivity contribution in [2.75, 3.05) is 78.2 Å². The van der Waals surface area contributed by atoms with E-state index < -0.39 is 69.7 Å². The molecule has 6 aromatic rings. The zero-order valence-corrected chi connectivity index (χ0v) is 55.7. The fourth-order valence-corrected chi connectivity index (χ4v) is 14.4. The van der Waals surface area contributed by atoms with Gasteiger partial charge in [-0.3, -0.25) is 28.8 Å². The number of alkyl halides is 9. The number of rotatable bonds is 6. The number of amides is 6. The van der Waals surface area contributed by atoms with Gasteiger partial charge in [0.15, 0.2) is 0 Å². The molecule has 9 heterocycles. The number of ether oxygens (including phenoxy) is 6. The normalized spacial score (nSPS) is 20.2. The Morgan fingerprint density at radius 1 is 0.447 bits per heavy atom. The zero-order chi connectivity index (χ0) is 72.6. The third-order valence-corrected chi connectivity index (χ3v) is 19.9. The fraction of sp³-hybridized carbons (Fsp3) is 0.368. The SMILES string of the molecule is CN1C(=O)CCc2ccc(NC(=O)/C=C3\CC4(CCOCC4)Oc4cc(C(F)(F)F)ccc43)cc21.O=C(/C=C1\CC2(CCOCC2)Oc2cc(C(F)(F)F)ccc21)Nc1ccc2c(c1)NC(=O)CC2.O=C(/C=C1\CC2(CCOCC2)Oc2cc(C(F)(F)F)ccc21)Nc1cccc2c1CCC(=O)N2. The Kier molecular flexibility index (Phi) is 19.9. The van der Waals surface area contributed by atoms with Crippen LogP contribution >= 0.6 is 0 Å². The minimum atomic E-state index is -4.50. The molecule has 0 atom stereocenters. The summed E-state index contributed by atoms with van der Waals surface area (Å²) in [5.74, 6) is -0.959. The van der Waals surface area contributed by atoms with Gasteiger partial charge in [0.1, 0.15) is 34.1 Å². The van der Waals surface area contributed by atoms with Crippen LogP contribution in [0.5, 0.6) is 17.2 Å². The molecule has 0 aliphatic carbocycles. The van der Waals surface area contributed by atoms with E-state index in [-0.39, 0.29) is 35.0 Å². The minimum absolute atomic E-state index is 0.0156. The van der Waals surface area contributed by atoms with Crippen molar-refractivity contribution in [3.8, 4) is 17.2 Å². The van der Waals surface area contributed by atoms with E-state index in [0.29, 0.717) is 198 Å². The number of benzene rings is 6. The van der Waals surface area contributed by atoms with Crippen LogP contribution in [0.15, 0.2) is 127 Å². The first-order chi connectivity index (χ1) is 49.1. The highest BCUT2D eigenvalue weighted by molar-refractivity contribution is 6.08. The smallest absolute Gasteiger partial charge is 0.416 e. The summed E-state index contributed by atoms with van der Waals surface area (Å²) in [6, 6.07) is 26.2. The predicted octanol–water partition coefficient (Wildman–Crippen LogP) is 14.9. The second kappa shape index (κ2) is 28.7. The van der Waals surface area contributed by atoms with E-state index in [4.69, 9.17) is 28.4 Å². The Labute approximate surface area is 585 Å². The van der Waals surface area contributed by atoms with Gasteiger partial charge in [0.25, 0.3) is 0 Å². The zero-order valence-electron chi connectivity index (χ0n) is 55.7. The lowest BCUT2D eigenvalue weighted by Crippen LogP contribution is -2.44. The van der Waals surface area contributed by atoms with Crippen molar-refractivity contribution in [3.05, 3.63) is 177 Å². The van der Waals surface area contributed by atoms with Crippen molar-refractivity contribution in [2.24, 2.45) is 0 Å². The molecule has 540 valence electrons. The Morgan fingerprint density at radius 2 is 0.845 bits per heavy atom. The van der Waals surface area contributed by atoms with Gasteiger partial charge < -0.3 is 59.9 Å². The Bertz CT molecular complexity index is 4460. The summed E-state index contributed by atoms with van der Waals surface area (Å²) < 4.78 is 155. The van der Waals surface area contributed by atoms with Crippen molar-refractivity contribution in [1.29, 1.82) is 0 Å². The fourth-order valence-electron chi connectivity index (χ4n) is 14.4. The third kappa shape index (κ3) is 16.3. The number of nitrogens with one attached hydrogen (secondary N) is 5. The Morgan fingerprint density at radius 3 is 1.29 bits per heavy atom. The van der Waals surface area contributed by atoms with Gasteiger partial charge in [-0.1, -0.05) is 36.4 Å². The van der Waals surface area contributed by atoms with E-state index in [1.165, 1.54) is 36.4 Å². The maximum Gasteiger partial charge on any atom is 0.416 e. The molecule has 3 fully saturated rings. The number of carbonyl (C=O) groups is 6. The summed E-state index contributed by atoms with van der Waals surface area (Å²) in [4.78, 5) is 75.9. The number of halogens is 9. The van der Waals surface area contributed by atoms with Gasteiger partial charge in [0.2, 0.25) is 35.4 Å². The molecule has 3 saturated heterocycles. The molecule has 3 spiro atoms. The molecule has 0 radical (unpaired) electrons. The lowest BCUT2D eigenvalue weighted by Gasteiger charge is -2.42. The van der Waals surface area contributed by atoms with Crippen LogP contribution in [0, 0.1) is 0 Å². The first kappa shape index (κ1) is 71.4. The van der Waals surface area contributed by atoms with Gasteiger partial charge in [-0.15, -0.1) is 0 Å². The minimum Gasteiger partial charge on any atom is -0.486 e. The summed E-state index contributed by atoms with van der Waals surface area (Å²) in [7, 11) is 1.70. The standard InChI is InChI=1S/C26H25F3N2O4.2C25H23F3N2O4/c1-31-21-14-19(5-2-16(21)3-7-24(31)33)30-23(32)12-17-15-25(8-10-34-11-9-25)35-22-13-18(26(27,28)29)4-6-20(17)22;26-25(27,28)17-3-5-19-16(14-24(34-21(19)12-17)7-9-33-10-8-24)11-23(32)29-18-4-1-15-2-6-22(31)30-20(15)13-18;26-25(27,28)16-4-5-17-15(14-24(34-21(17)13-16)8-10-33-11-9-24)12-23(32)30-20-3-1-2-19-18(20)6-7-22(31)29-19/h2,4-6,12-14H,3,7-11,15H2,1H3,(H,30,32);1,3-5,11-13H,2,6-10,14H2,(H,29,32)(H,30,31);1-5,12-13H,6-11,14H2,(H,29,31)(H,30,32)/b17-12+;16-11+;15-12+. The van der Waals surface area contributed by atoms with Crippen molar-refractivity contribution >= 4 is 86.3 Å². The third-order valence-electron chi connectivity index (χ3n) is 19.9. The van der Waals surface area contributed by atoms with Crippen molar-refractivity contribution < 1.29 is 96.7 Å². The van der Waals surface area contributed by atoms with E-state index in [9.17, 15) is 68.3 Å². The van der Waals surface area contributed by atoms with Crippen LogP contribution in [-0.2, 0) is 80.8 Å². The number of hydrogen-bond acceptors (Lipinski definition) is 12. The monoisotopic (exact) mass is 1430 g/mol. The molecule has 0 saturated carbocycles. The molecule has 18 nitrogen and oxygen atoms in total. The van der Waals surface area contributed by atoms with Crippen molar-refractivity contribution in [3.63, 3.8) is 0 Å². The number of aryl methyl sites for hydroxylation is 2. The van der Waals surface area contributed by atoms with Gasteiger partial charge in [0, 0.05) is 153 Å². The number of anilines is 6. The van der Waals surface area contributed by atoms with E-state index in [1.54, 1.807) is 54.4 Å². The van der Waals surface area contributed by atoms with Crippen LogP contribution in [0.3, 0.4) is 0 Å². The molecule has 6 aromatic carbocycles. The lowest BCUT2D eigenvalue weighted by molar-refractivity contribution is -0.138. The molecule has 9 aliphatic rings. The largest absolute Gasteiger partial charge is 0.486 e. The van der Waals surface area contributed by atoms with Gasteiger partial charge in [0.05, 0.1) is 56.3 Å². The molecule has 0 bridgehead atoms. The Hall–Kier alpha value is -9.99. The van der Waals surface area contributed by atoms with E-state index >= 15 is 0 Å². The van der Waals surface area contributed by atoms with E-state index in [0.717, 1.165) is 58.8 Å². The van der Waals surface area contributed by atoms with Crippen LogP contribution in [0.4, 0.5) is 73.6 Å². The van der Waals surface area contributed by atoms with E-state index in [1.807, 2.05) is 12.1 Å². The summed E-state index contributed by atoms with van der Waals surface area (Å²) in [6.07, 6.45) is -1.90. The van der Waals surface area contributed by atoms with Crippen LogP contribution in [0.1, 0.15) is 127 Å². The highest BCUT2D eigenvalue weighted by Crippen LogP contribution is 2.51. The van der Waals surface area contributed by atoms with Crippen LogP contribution in [0.25, 0.3) is 16.7 Å². The topological polar surface area (TPSA) is 221 Å². The van der Waals surface area contributed by atoms with Crippen molar-refractivity contribution in [2.45, 2.75) is 132 Å². The maximum absolute atomic E-state index is 13.3. The summed E-state index contributed by atoms with van der Waals surface area (Å²) >= 11 is 0. The lowest BCUT2D eigenvalue weighted by atomic mass is 9.81. The second-order valence-electron chi connectivity index (χ2n) is 26.9. The highest BCUT2D eigenvalue weighted by atomic mass is 19.4. The Balaban J connectivity index is 0.000000138. The molecule has 0 unspecified atom stereocenters. The van der Waals surface area contributed by atoms with Gasteiger partial charge in [-0.2, -0.15) is 39.5 Å². The van der Waals surface area contributed by atoms with Gasteiger partial charge >= 0.3 is 18.5 Å². The van der Waals surface area contributed by atoms with Crippen LogP contribution in [0.2, 0.25) is 0 Å². The summed E-state index contributed by atoms with van der Waals surface area (Å²) in [5.41, 5.74) is 5.35. The van der Waals surface area contributed by atoms with Gasteiger partial charge in [-0.25, -0.2) is 0 Å².